The summed E-state index contributed by atoms with van der Waals surface area (Å²) < 4.78 is 17.0. The van der Waals surface area contributed by atoms with Crippen molar-refractivity contribution in [3.63, 3.8) is 0 Å². The minimum Gasteiger partial charge on any atom is -0.435 e. The highest BCUT2D eigenvalue weighted by Crippen LogP contribution is 2.18. The number of aromatic nitrogens is 4. The monoisotopic (exact) mass is 355 g/mol. The van der Waals surface area contributed by atoms with Gasteiger partial charge < -0.3 is 19.5 Å². The molecule has 25 heavy (non-hydrogen) atoms. The number of rotatable bonds is 9. The van der Waals surface area contributed by atoms with E-state index in [0.29, 0.717) is 18.5 Å². The Morgan fingerprint density at radius 3 is 2.80 bits per heavy atom. The van der Waals surface area contributed by atoms with Crippen LogP contribution < -0.4 is 5.32 Å². The highest BCUT2D eigenvalue weighted by atomic mass is 16.7. The molecule has 1 heterocycles. The van der Waals surface area contributed by atoms with E-state index in [0.717, 1.165) is 0 Å². The van der Waals surface area contributed by atoms with Crippen LogP contribution in [0.25, 0.3) is 0 Å². The lowest BCUT2D eigenvalue weighted by Crippen LogP contribution is -2.40. The van der Waals surface area contributed by atoms with E-state index in [4.69, 9.17) is 14.2 Å². The third-order valence-electron chi connectivity index (χ3n) is 4.16. The zero-order chi connectivity index (χ0) is 18.1. The van der Waals surface area contributed by atoms with Crippen molar-refractivity contribution >= 4 is 6.16 Å². The third kappa shape index (κ3) is 6.58. The summed E-state index contributed by atoms with van der Waals surface area (Å²) >= 11 is 0. The average molecular weight is 355 g/mol. The molecule has 1 aromatic rings. The molecule has 0 bridgehead atoms. The number of carbonyl (C=O) groups excluding carboxylic acids is 1. The van der Waals surface area contributed by atoms with Crippen LogP contribution in [0, 0.1) is 0 Å². The summed E-state index contributed by atoms with van der Waals surface area (Å²) in [5, 5.41) is 15.0. The van der Waals surface area contributed by atoms with E-state index >= 15 is 0 Å². The smallest absolute Gasteiger partial charge is 0.435 e. The molecule has 0 aromatic carbocycles. The van der Waals surface area contributed by atoms with E-state index in [2.05, 4.69) is 27.8 Å². The first-order chi connectivity index (χ1) is 12.1. The summed E-state index contributed by atoms with van der Waals surface area (Å²) in [5.41, 5.74) is 0. The highest BCUT2D eigenvalue weighted by Gasteiger charge is 2.19. The minimum absolute atomic E-state index is 0.250. The zero-order valence-electron chi connectivity index (χ0n) is 15.3. The van der Waals surface area contributed by atoms with Crippen molar-refractivity contribution in [3.8, 4) is 0 Å². The maximum absolute atomic E-state index is 11.4. The molecule has 1 saturated carbocycles. The Morgan fingerprint density at radius 2 is 2.08 bits per heavy atom. The second kappa shape index (κ2) is 10.3. The van der Waals surface area contributed by atoms with E-state index in [9.17, 15) is 4.79 Å². The van der Waals surface area contributed by atoms with Crippen LogP contribution >= 0.6 is 0 Å². The Kier molecular flexibility index (Phi) is 8.07. The number of hydrogen-bond acceptors (Lipinski definition) is 8. The summed E-state index contributed by atoms with van der Waals surface area (Å²) in [6.45, 7) is 6.57. The van der Waals surface area contributed by atoms with Gasteiger partial charge in [0.2, 0.25) is 0 Å². The topological polar surface area (TPSA) is 100 Å². The summed E-state index contributed by atoms with van der Waals surface area (Å²) in [4.78, 5) is 11.4. The normalized spacial score (nSPS) is 17.9. The van der Waals surface area contributed by atoms with Crippen molar-refractivity contribution < 1.29 is 19.0 Å². The van der Waals surface area contributed by atoms with Gasteiger partial charge in [-0.3, -0.25) is 0 Å². The van der Waals surface area contributed by atoms with Crippen molar-refractivity contribution in [1.29, 1.82) is 0 Å². The fourth-order valence-electron chi connectivity index (χ4n) is 2.98. The third-order valence-corrected chi connectivity index (χ3v) is 4.16. The van der Waals surface area contributed by atoms with Gasteiger partial charge in [-0.25, -0.2) is 4.79 Å². The first-order valence-electron chi connectivity index (χ1n) is 9.04. The van der Waals surface area contributed by atoms with Crippen LogP contribution in [0.2, 0.25) is 0 Å². The molecule has 2 atom stereocenters. The maximum atomic E-state index is 11.4. The molecule has 0 amide bonds. The first-order valence-corrected chi connectivity index (χ1v) is 9.04. The van der Waals surface area contributed by atoms with Crippen LogP contribution in [-0.4, -0.2) is 51.7 Å². The summed E-state index contributed by atoms with van der Waals surface area (Å²) in [6.07, 6.45) is 5.03. The van der Waals surface area contributed by atoms with Crippen LogP contribution in [0.3, 0.4) is 0 Å². The van der Waals surface area contributed by atoms with Gasteiger partial charge in [-0.2, -0.15) is 4.68 Å². The molecule has 0 radical (unpaired) electrons. The molecular weight excluding hydrogens is 326 g/mol. The number of carbonyl (C=O) groups is 1. The largest absolute Gasteiger partial charge is 0.510 e. The molecule has 2 rings (SSSR count). The molecule has 9 heteroatoms. The van der Waals surface area contributed by atoms with Gasteiger partial charge in [0, 0.05) is 12.1 Å². The summed E-state index contributed by atoms with van der Waals surface area (Å²) in [5.74, 6) is 0.502. The van der Waals surface area contributed by atoms with Gasteiger partial charge in [0.25, 0.3) is 0 Å². The quantitative estimate of drug-likeness (QED) is 0.673. The Balaban J connectivity index is 1.73. The van der Waals surface area contributed by atoms with Crippen LogP contribution in [-0.2, 0) is 20.8 Å². The molecule has 0 unspecified atom stereocenters. The van der Waals surface area contributed by atoms with Gasteiger partial charge >= 0.3 is 6.16 Å². The molecule has 142 valence electrons. The van der Waals surface area contributed by atoms with Crippen LogP contribution in [0.15, 0.2) is 0 Å². The number of nitrogens with zero attached hydrogens (tertiary/aromatic N) is 4. The molecule has 9 nitrogen and oxygen atoms in total. The van der Waals surface area contributed by atoms with Gasteiger partial charge in [0.1, 0.15) is 6.61 Å². The van der Waals surface area contributed by atoms with Crippen molar-refractivity contribution in [2.75, 3.05) is 13.2 Å². The zero-order valence-corrected chi connectivity index (χ0v) is 15.3. The molecule has 1 fully saturated rings. The summed E-state index contributed by atoms with van der Waals surface area (Å²) in [7, 11) is 0. The lowest BCUT2D eigenvalue weighted by atomic mass is 9.95. The van der Waals surface area contributed by atoms with E-state index < -0.39 is 12.4 Å². The van der Waals surface area contributed by atoms with Gasteiger partial charge in [0.05, 0.1) is 13.2 Å². The maximum Gasteiger partial charge on any atom is 0.510 e. The molecule has 0 aliphatic heterocycles. The van der Waals surface area contributed by atoms with Crippen molar-refractivity contribution in [3.05, 3.63) is 5.82 Å². The highest BCUT2D eigenvalue weighted by molar-refractivity contribution is 5.59. The van der Waals surface area contributed by atoms with Crippen molar-refractivity contribution in [2.45, 2.75) is 77.8 Å². The Labute approximate surface area is 148 Å². The number of ether oxygens (including phenoxy) is 3. The molecular formula is C16H29N5O4. The Hall–Kier alpha value is -1.74. The lowest BCUT2D eigenvalue weighted by molar-refractivity contribution is -0.00388. The SMILES string of the molecule is CCOC(=O)O[C@H](C)n1nnnc1COC[C@H](C)NC1CCCCC1. The number of hydrogen-bond donors (Lipinski definition) is 1. The van der Waals surface area contributed by atoms with Crippen LogP contribution in [0.1, 0.15) is 64.9 Å². The Morgan fingerprint density at radius 1 is 1.32 bits per heavy atom. The van der Waals surface area contributed by atoms with E-state index in [1.165, 1.54) is 36.8 Å². The van der Waals surface area contributed by atoms with Gasteiger partial charge in [-0.15, -0.1) is 5.10 Å². The molecule has 0 spiro atoms. The first kappa shape index (κ1) is 19.6. The van der Waals surface area contributed by atoms with Crippen LogP contribution in [0.5, 0.6) is 0 Å². The average Bonchev–Trinajstić information content (AvgIpc) is 3.04. The predicted octanol–water partition coefficient (Wildman–Crippen LogP) is 2.19. The number of tetrazole rings is 1. The van der Waals surface area contributed by atoms with Gasteiger partial charge in [-0.05, 0) is 44.0 Å². The minimum atomic E-state index is -0.748. The van der Waals surface area contributed by atoms with Gasteiger partial charge in [0.15, 0.2) is 12.1 Å². The fraction of sp³-hybridized carbons (Fsp3) is 0.875. The van der Waals surface area contributed by atoms with Crippen LogP contribution in [0.4, 0.5) is 4.79 Å². The molecule has 1 aliphatic rings. The molecule has 0 saturated heterocycles. The second-order valence-corrected chi connectivity index (χ2v) is 6.36. The molecule has 1 N–H and O–H groups in total. The summed E-state index contributed by atoms with van der Waals surface area (Å²) in [6, 6.07) is 0.858. The number of nitrogens with one attached hydrogen (secondary N) is 1. The van der Waals surface area contributed by atoms with Crippen molar-refractivity contribution in [2.24, 2.45) is 0 Å². The molecule has 1 aliphatic carbocycles. The van der Waals surface area contributed by atoms with Gasteiger partial charge in [-0.1, -0.05) is 19.3 Å². The lowest BCUT2D eigenvalue weighted by Gasteiger charge is -2.26. The Bertz CT molecular complexity index is 518. The standard InChI is InChI=1S/C16H29N5O4/c1-4-24-16(22)25-13(3)21-15(18-19-20-21)11-23-10-12(2)17-14-8-6-5-7-9-14/h12-14,17H,4-11H2,1-3H3/t12-,13+/m0/s1. The van der Waals surface area contributed by atoms with E-state index in [1.807, 2.05) is 0 Å². The fourth-order valence-corrected chi connectivity index (χ4v) is 2.98. The molecule has 1 aromatic heterocycles. The van der Waals surface area contributed by atoms with Crippen molar-refractivity contribution in [1.82, 2.24) is 25.5 Å². The van der Waals surface area contributed by atoms with E-state index in [-0.39, 0.29) is 19.3 Å². The van der Waals surface area contributed by atoms with E-state index in [1.54, 1.807) is 13.8 Å². The predicted molar refractivity (Wildman–Crippen MR) is 89.8 cm³/mol. The second-order valence-electron chi connectivity index (χ2n) is 6.36.